The zero-order chi connectivity index (χ0) is 30.7. The monoisotopic (exact) mass is 610 g/mol. The number of aliphatic hydroxyl groups is 10. The molecule has 0 saturated carbocycles. The lowest BCUT2D eigenvalue weighted by atomic mass is 9.97. The molecule has 11 N–H and O–H groups in total. The van der Waals surface area contributed by atoms with Gasteiger partial charge in [-0.15, -0.1) is 0 Å². The first kappa shape index (κ1) is 33.3. The molecule has 0 spiro atoms. The van der Waals surface area contributed by atoms with Crippen LogP contribution < -0.4 is 0 Å². The second-order valence-corrected chi connectivity index (χ2v) is 10.3. The average Bonchev–Trinajstić information content (AvgIpc) is 2.98. The Morgan fingerprint density at radius 1 is 0.571 bits per heavy atom. The number of hydrogen-bond donors (Lipinski definition) is 11. The highest BCUT2D eigenvalue weighted by Gasteiger charge is 2.52. The van der Waals surface area contributed by atoms with Crippen molar-refractivity contribution in [2.45, 2.75) is 98.7 Å². The third kappa shape index (κ3) is 7.02. The van der Waals surface area contributed by atoms with Crippen LogP contribution in [0.2, 0.25) is 0 Å². The highest BCUT2D eigenvalue weighted by molar-refractivity contribution is 5.30. The molecule has 3 aliphatic rings. The quantitative estimate of drug-likeness (QED) is 0.118. The second-order valence-electron chi connectivity index (χ2n) is 10.3. The number of para-hydroxylation sites is 1. The van der Waals surface area contributed by atoms with Gasteiger partial charge in [-0.1, -0.05) is 18.2 Å². The maximum Gasteiger partial charge on any atom is 0.187 e. The molecule has 0 bridgehead atoms. The molecule has 3 fully saturated rings. The van der Waals surface area contributed by atoms with Crippen molar-refractivity contribution in [1.29, 1.82) is 0 Å². The lowest BCUT2D eigenvalue weighted by Crippen LogP contribution is -2.65. The maximum absolute atomic E-state index is 10.7. The van der Waals surface area contributed by atoms with Crippen molar-refractivity contribution in [3.63, 3.8) is 0 Å². The molecule has 17 nitrogen and oxygen atoms in total. The third-order valence-corrected chi connectivity index (χ3v) is 7.45. The summed E-state index contributed by atoms with van der Waals surface area (Å²) >= 11 is 0. The molecule has 240 valence electrons. The van der Waals surface area contributed by atoms with Crippen LogP contribution in [0.25, 0.3) is 0 Å². The average molecular weight is 611 g/mol. The van der Waals surface area contributed by atoms with Gasteiger partial charge >= 0.3 is 0 Å². The summed E-state index contributed by atoms with van der Waals surface area (Å²) in [5.41, 5.74) is 0.355. The van der Waals surface area contributed by atoms with Crippen LogP contribution in [0.3, 0.4) is 0 Å². The number of phenols is 1. The maximum atomic E-state index is 10.7. The van der Waals surface area contributed by atoms with E-state index >= 15 is 0 Å². The van der Waals surface area contributed by atoms with E-state index in [1.807, 2.05) is 0 Å². The highest BCUT2D eigenvalue weighted by atomic mass is 16.8. The van der Waals surface area contributed by atoms with Crippen LogP contribution in [0, 0.1) is 0 Å². The number of aliphatic hydroxyl groups excluding tert-OH is 10. The van der Waals surface area contributed by atoms with Gasteiger partial charge in [0.1, 0.15) is 79.0 Å². The number of benzene rings is 1. The first-order valence-electron chi connectivity index (χ1n) is 13.3. The summed E-state index contributed by atoms with van der Waals surface area (Å²) in [7, 11) is 0. The van der Waals surface area contributed by atoms with Crippen molar-refractivity contribution < 1.29 is 84.6 Å². The molecule has 15 atom stereocenters. The van der Waals surface area contributed by atoms with E-state index in [0.29, 0.717) is 5.56 Å². The summed E-state index contributed by atoms with van der Waals surface area (Å²) in [5.74, 6) is -0.0812. The van der Waals surface area contributed by atoms with E-state index in [1.165, 1.54) is 6.07 Å². The van der Waals surface area contributed by atoms with Gasteiger partial charge in [0, 0.05) is 5.56 Å². The molecule has 1 aromatic rings. The van der Waals surface area contributed by atoms with Crippen LogP contribution in [0.5, 0.6) is 5.75 Å². The topological polar surface area (TPSA) is 278 Å². The van der Waals surface area contributed by atoms with Crippen LogP contribution in [-0.4, -0.2) is 168 Å². The van der Waals surface area contributed by atoms with Crippen molar-refractivity contribution >= 4 is 0 Å². The molecule has 0 unspecified atom stereocenters. The normalized spacial score (nSPS) is 44.7. The Labute approximate surface area is 239 Å². The van der Waals surface area contributed by atoms with Gasteiger partial charge in [-0.2, -0.15) is 0 Å². The van der Waals surface area contributed by atoms with Gasteiger partial charge < -0.3 is 84.6 Å². The molecule has 42 heavy (non-hydrogen) atoms. The number of hydrogen-bond acceptors (Lipinski definition) is 17. The van der Waals surface area contributed by atoms with Gasteiger partial charge in [0.05, 0.1) is 26.4 Å². The minimum atomic E-state index is -1.87. The van der Waals surface area contributed by atoms with Crippen molar-refractivity contribution in [2.24, 2.45) is 0 Å². The molecule has 3 heterocycles. The Hall–Kier alpha value is -1.62. The van der Waals surface area contributed by atoms with Crippen molar-refractivity contribution in [2.75, 3.05) is 19.8 Å². The summed E-state index contributed by atoms with van der Waals surface area (Å²) in [6, 6.07) is 6.22. The zero-order valence-electron chi connectivity index (χ0n) is 22.2. The van der Waals surface area contributed by atoms with Gasteiger partial charge in [0.15, 0.2) is 18.9 Å². The van der Waals surface area contributed by atoms with Crippen molar-refractivity contribution in [3.8, 4) is 5.75 Å². The molecule has 0 radical (unpaired) electrons. The fourth-order valence-electron chi connectivity index (χ4n) is 4.86. The molecule has 1 aromatic carbocycles. The molecule has 0 aromatic heterocycles. The molecular weight excluding hydrogens is 572 g/mol. The van der Waals surface area contributed by atoms with Crippen molar-refractivity contribution in [1.82, 2.24) is 0 Å². The smallest absolute Gasteiger partial charge is 0.187 e. The van der Waals surface area contributed by atoms with Gasteiger partial charge in [-0.25, -0.2) is 0 Å². The van der Waals surface area contributed by atoms with E-state index in [-0.39, 0.29) is 12.4 Å². The minimum absolute atomic E-state index is 0.0812. The highest BCUT2D eigenvalue weighted by Crippen LogP contribution is 2.31. The van der Waals surface area contributed by atoms with Crippen LogP contribution in [-0.2, 0) is 35.0 Å². The molecule has 0 aliphatic carbocycles. The predicted octanol–water partition coefficient (Wildman–Crippen LogP) is -5.64. The van der Waals surface area contributed by atoms with E-state index in [9.17, 15) is 56.2 Å². The fourth-order valence-corrected chi connectivity index (χ4v) is 4.86. The third-order valence-electron chi connectivity index (χ3n) is 7.45. The minimum Gasteiger partial charge on any atom is -0.508 e. The molecule has 4 rings (SSSR count). The summed E-state index contributed by atoms with van der Waals surface area (Å²) in [6.45, 7) is -2.35. The van der Waals surface area contributed by atoms with E-state index in [0.717, 1.165) is 0 Å². The summed E-state index contributed by atoms with van der Waals surface area (Å²) in [4.78, 5) is 0. The Kier molecular flexibility index (Phi) is 11.4. The Bertz CT molecular complexity index is 984. The molecule has 3 aliphatic heterocycles. The number of ether oxygens (including phenoxy) is 6. The molecule has 3 saturated heterocycles. The standard InChI is InChI=1S/C25H38O17/c26-5-11-14(29)17(32)21(36)24(39-11)42-22-19(34)15(30)12(6-27)40-25(22)38-8-13-16(31)18(33)20(35)23(41-13)37-7-9-3-1-2-4-10(9)28/h1-4,11-36H,5-8H2/t11-,12-,13-,14-,15-,16-,17+,18+,19+,20-,21-,22-,23+,24-,25+/m1/s1. The Balaban J connectivity index is 1.45. The summed E-state index contributed by atoms with van der Waals surface area (Å²) < 4.78 is 33.1. The Morgan fingerprint density at radius 2 is 1.10 bits per heavy atom. The second kappa shape index (κ2) is 14.4. The van der Waals surface area contributed by atoms with E-state index in [2.05, 4.69) is 0 Å². The number of aromatic hydroxyl groups is 1. The van der Waals surface area contributed by atoms with Crippen LogP contribution in [0.4, 0.5) is 0 Å². The van der Waals surface area contributed by atoms with Crippen LogP contribution in [0.1, 0.15) is 5.56 Å². The zero-order valence-corrected chi connectivity index (χ0v) is 22.2. The molecule has 17 heteroatoms. The first-order chi connectivity index (χ1) is 20.0. The van der Waals surface area contributed by atoms with Crippen LogP contribution in [0.15, 0.2) is 24.3 Å². The molecular formula is C25H38O17. The van der Waals surface area contributed by atoms with Gasteiger partial charge in [-0.05, 0) is 6.07 Å². The van der Waals surface area contributed by atoms with Crippen LogP contribution >= 0.6 is 0 Å². The van der Waals surface area contributed by atoms with Gasteiger partial charge in [-0.3, -0.25) is 0 Å². The largest absolute Gasteiger partial charge is 0.508 e. The lowest BCUT2D eigenvalue weighted by molar-refractivity contribution is -0.373. The Morgan fingerprint density at radius 3 is 1.71 bits per heavy atom. The summed E-state index contributed by atoms with van der Waals surface area (Å²) in [5, 5.41) is 112. The lowest BCUT2D eigenvalue weighted by Gasteiger charge is -2.46. The number of phenolic OH excluding ortho intramolecular Hbond substituents is 1. The summed E-state index contributed by atoms with van der Waals surface area (Å²) in [6.07, 6.45) is -24.7. The van der Waals surface area contributed by atoms with Gasteiger partial charge in [0.2, 0.25) is 0 Å². The SMILES string of the molecule is OC[C@H]1O[C@H](O[C@H]2[C@@H](OC[C@H]3O[C@H](OCc4ccccc4O)[C@H](O)[C@@H](O)[C@@H]3O)O[C@H](CO)[C@@H](O)[C@@H]2O)[C@H](O)[C@@H](O)[C@@H]1O. The van der Waals surface area contributed by atoms with E-state index in [4.69, 9.17) is 28.4 Å². The van der Waals surface area contributed by atoms with E-state index in [1.54, 1.807) is 18.2 Å². The van der Waals surface area contributed by atoms with E-state index < -0.39 is 112 Å². The molecule has 0 amide bonds. The number of rotatable bonds is 10. The fraction of sp³-hybridized carbons (Fsp3) is 0.760. The first-order valence-corrected chi connectivity index (χ1v) is 13.3. The predicted molar refractivity (Wildman–Crippen MR) is 132 cm³/mol. The van der Waals surface area contributed by atoms with Crippen molar-refractivity contribution in [3.05, 3.63) is 29.8 Å². The van der Waals surface area contributed by atoms with Gasteiger partial charge in [0.25, 0.3) is 0 Å².